The van der Waals surface area contributed by atoms with E-state index in [9.17, 15) is 0 Å². The maximum atomic E-state index is 5.75. The minimum Gasteiger partial charge on any atom is -0.491 e. The maximum absolute atomic E-state index is 5.75. The van der Waals surface area contributed by atoms with Crippen molar-refractivity contribution in [3.63, 3.8) is 0 Å². The van der Waals surface area contributed by atoms with Gasteiger partial charge in [-0.15, -0.1) is 0 Å². The Morgan fingerprint density at radius 3 is 2.81 bits per heavy atom. The van der Waals surface area contributed by atoms with Gasteiger partial charge in [0.1, 0.15) is 5.75 Å². The van der Waals surface area contributed by atoms with E-state index in [4.69, 9.17) is 4.74 Å². The lowest BCUT2D eigenvalue weighted by molar-refractivity contribution is 0.243. The van der Waals surface area contributed by atoms with Crippen LogP contribution < -0.4 is 4.74 Å². The fraction of sp³-hybridized carbons (Fsp3) is 0.353. The van der Waals surface area contributed by atoms with Gasteiger partial charge in [0.05, 0.1) is 24.7 Å². The molecule has 0 saturated carbocycles. The van der Waals surface area contributed by atoms with Gasteiger partial charge in [-0.1, -0.05) is 0 Å². The van der Waals surface area contributed by atoms with E-state index in [2.05, 4.69) is 45.4 Å². The van der Waals surface area contributed by atoms with Gasteiger partial charge in [0.25, 0.3) is 0 Å². The molecule has 110 valence electrons. The van der Waals surface area contributed by atoms with Gasteiger partial charge in [-0.2, -0.15) is 0 Å². The highest BCUT2D eigenvalue weighted by atomic mass is 16.5. The average Bonchev–Trinajstić information content (AvgIpc) is 3.05. The topological polar surface area (TPSA) is 32.0 Å². The zero-order chi connectivity index (χ0) is 14.8. The van der Waals surface area contributed by atoms with Crippen LogP contribution in [0.1, 0.15) is 26.5 Å². The quantitative estimate of drug-likeness (QED) is 0.715. The number of aryl methyl sites for hydroxylation is 1. The molecule has 0 aliphatic heterocycles. The molecule has 0 radical (unpaired) electrons. The van der Waals surface area contributed by atoms with E-state index in [0.717, 1.165) is 18.8 Å². The minimum absolute atomic E-state index is 0.198. The van der Waals surface area contributed by atoms with Gasteiger partial charge in [-0.05, 0) is 45.0 Å². The van der Waals surface area contributed by atoms with E-state index in [-0.39, 0.29) is 6.10 Å². The van der Waals surface area contributed by atoms with E-state index in [1.807, 2.05) is 32.4 Å². The predicted molar refractivity (Wildman–Crippen MR) is 84.7 cm³/mol. The first-order valence-corrected chi connectivity index (χ1v) is 7.42. The Hall–Kier alpha value is -2.23. The van der Waals surface area contributed by atoms with Crippen molar-refractivity contribution in [1.82, 2.24) is 14.1 Å². The molecule has 0 aliphatic rings. The molecule has 0 spiro atoms. The molecule has 0 N–H and O–H groups in total. The lowest BCUT2D eigenvalue weighted by Gasteiger charge is -2.11. The molecule has 0 unspecified atom stereocenters. The Morgan fingerprint density at radius 2 is 2.05 bits per heavy atom. The molecule has 21 heavy (non-hydrogen) atoms. The van der Waals surface area contributed by atoms with Crippen LogP contribution in [0, 0.1) is 0 Å². The first-order chi connectivity index (χ1) is 10.2. The normalized spacial score (nSPS) is 11.4. The van der Waals surface area contributed by atoms with Crippen molar-refractivity contribution in [1.29, 1.82) is 0 Å². The smallest absolute Gasteiger partial charge is 0.120 e. The number of ether oxygens (including phenoxy) is 1. The lowest BCUT2D eigenvalue weighted by atomic mass is 10.2. The monoisotopic (exact) mass is 283 g/mol. The molecule has 2 heterocycles. The van der Waals surface area contributed by atoms with E-state index in [1.54, 1.807) is 0 Å². The SMILES string of the molecule is CCn1cncc1Cn1ccc2cc(OC(C)C)ccc21. The number of hydrogen-bond acceptors (Lipinski definition) is 2. The molecule has 3 rings (SSSR count). The number of aromatic nitrogens is 3. The number of benzene rings is 1. The van der Waals surface area contributed by atoms with Gasteiger partial charge >= 0.3 is 0 Å². The van der Waals surface area contributed by atoms with Crippen molar-refractivity contribution in [2.45, 2.75) is 40.0 Å². The Bertz CT molecular complexity index is 739. The largest absolute Gasteiger partial charge is 0.491 e. The van der Waals surface area contributed by atoms with Crippen LogP contribution in [0.3, 0.4) is 0 Å². The number of rotatable bonds is 5. The molecule has 4 heteroatoms. The molecule has 3 aromatic rings. The molecule has 0 aliphatic carbocycles. The summed E-state index contributed by atoms with van der Waals surface area (Å²) >= 11 is 0. The third kappa shape index (κ3) is 2.79. The lowest BCUT2D eigenvalue weighted by Crippen LogP contribution is -2.06. The summed E-state index contributed by atoms with van der Waals surface area (Å²) in [6, 6.07) is 8.40. The third-order valence-corrected chi connectivity index (χ3v) is 3.59. The van der Waals surface area contributed by atoms with Crippen LogP contribution in [0.5, 0.6) is 5.75 Å². The molecule has 0 bridgehead atoms. The van der Waals surface area contributed by atoms with E-state index in [1.165, 1.54) is 16.6 Å². The van der Waals surface area contributed by atoms with Crippen molar-refractivity contribution < 1.29 is 4.74 Å². The summed E-state index contributed by atoms with van der Waals surface area (Å²) in [6.45, 7) is 8.00. The third-order valence-electron chi connectivity index (χ3n) is 3.59. The summed E-state index contributed by atoms with van der Waals surface area (Å²) < 4.78 is 10.2. The summed E-state index contributed by atoms with van der Waals surface area (Å²) in [5.74, 6) is 0.925. The van der Waals surface area contributed by atoms with E-state index in [0.29, 0.717) is 0 Å². The van der Waals surface area contributed by atoms with Gasteiger partial charge in [0.2, 0.25) is 0 Å². The van der Waals surface area contributed by atoms with Gasteiger partial charge in [0.15, 0.2) is 0 Å². The molecular weight excluding hydrogens is 262 g/mol. The molecule has 2 aromatic heterocycles. The molecule has 4 nitrogen and oxygen atoms in total. The van der Waals surface area contributed by atoms with Gasteiger partial charge < -0.3 is 13.9 Å². The van der Waals surface area contributed by atoms with Gasteiger partial charge in [0, 0.05) is 29.8 Å². The zero-order valence-corrected chi connectivity index (χ0v) is 12.8. The Balaban J connectivity index is 1.90. The number of imidazole rings is 1. The standard InChI is InChI=1S/C17H21N3O/c1-4-19-12-18-10-15(19)11-20-8-7-14-9-16(21-13(2)3)5-6-17(14)20/h5-10,12-13H,4,11H2,1-3H3. The summed E-state index contributed by atoms with van der Waals surface area (Å²) in [6.07, 6.45) is 6.14. The second-order valence-electron chi connectivity index (χ2n) is 5.50. The van der Waals surface area contributed by atoms with Crippen molar-refractivity contribution >= 4 is 10.9 Å². The average molecular weight is 283 g/mol. The van der Waals surface area contributed by atoms with Crippen LogP contribution in [-0.2, 0) is 13.1 Å². The zero-order valence-electron chi connectivity index (χ0n) is 12.8. The fourth-order valence-corrected chi connectivity index (χ4v) is 2.60. The van der Waals surface area contributed by atoms with Crippen LogP contribution in [0.2, 0.25) is 0 Å². The second-order valence-corrected chi connectivity index (χ2v) is 5.50. The number of nitrogens with zero attached hydrogens (tertiary/aromatic N) is 3. The Labute approximate surface area is 125 Å². The minimum atomic E-state index is 0.198. The predicted octanol–water partition coefficient (Wildman–Crippen LogP) is 3.69. The number of fused-ring (bicyclic) bond motifs is 1. The highest BCUT2D eigenvalue weighted by Gasteiger charge is 2.07. The molecule has 0 fully saturated rings. The summed E-state index contributed by atoms with van der Waals surface area (Å²) in [5.41, 5.74) is 2.44. The molecule has 1 aromatic carbocycles. The summed E-state index contributed by atoms with van der Waals surface area (Å²) in [4.78, 5) is 4.23. The first kappa shape index (κ1) is 13.7. The van der Waals surface area contributed by atoms with Crippen molar-refractivity contribution in [2.24, 2.45) is 0 Å². The van der Waals surface area contributed by atoms with Crippen LogP contribution in [0.15, 0.2) is 43.0 Å². The van der Waals surface area contributed by atoms with Crippen molar-refractivity contribution in [3.8, 4) is 5.75 Å². The summed E-state index contributed by atoms with van der Waals surface area (Å²) in [5, 5.41) is 1.20. The van der Waals surface area contributed by atoms with Crippen molar-refractivity contribution in [3.05, 3.63) is 48.7 Å². The molecule has 0 saturated heterocycles. The van der Waals surface area contributed by atoms with E-state index >= 15 is 0 Å². The van der Waals surface area contributed by atoms with Crippen LogP contribution >= 0.6 is 0 Å². The van der Waals surface area contributed by atoms with Crippen LogP contribution in [0.25, 0.3) is 10.9 Å². The highest BCUT2D eigenvalue weighted by molar-refractivity contribution is 5.81. The fourth-order valence-electron chi connectivity index (χ4n) is 2.60. The van der Waals surface area contributed by atoms with Crippen LogP contribution in [-0.4, -0.2) is 20.2 Å². The van der Waals surface area contributed by atoms with Crippen molar-refractivity contribution in [2.75, 3.05) is 0 Å². The second kappa shape index (κ2) is 5.64. The van der Waals surface area contributed by atoms with Crippen LogP contribution in [0.4, 0.5) is 0 Å². The Kier molecular flexibility index (Phi) is 3.69. The summed E-state index contributed by atoms with van der Waals surface area (Å²) in [7, 11) is 0. The first-order valence-electron chi connectivity index (χ1n) is 7.42. The molecular formula is C17H21N3O. The molecule has 0 atom stereocenters. The Morgan fingerprint density at radius 1 is 1.19 bits per heavy atom. The number of hydrogen-bond donors (Lipinski definition) is 0. The molecule has 0 amide bonds. The van der Waals surface area contributed by atoms with Gasteiger partial charge in [-0.25, -0.2) is 4.98 Å². The van der Waals surface area contributed by atoms with Gasteiger partial charge in [-0.3, -0.25) is 0 Å². The maximum Gasteiger partial charge on any atom is 0.120 e. The highest BCUT2D eigenvalue weighted by Crippen LogP contribution is 2.23. The van der Waals surface area contributed by atoms with E-state index < -0.39 is 0 Å².